The Balaban J connectivity index is 1.66. The standard InChI is InChI=1S/C20H20N2O3S/c1-3-25-17-10-6-15(7-11-17)12-18-19(23)22(20(24)26-18)13-21-16-8-4-14(2)5-9-16/h4-12,21H,3,13H2,1-2H3/b18-12+. The molecule has 5 nitrogen and oxygen atoms in total. The molecule has 1 heterocycles. The van der Waals surface area contributed by atoms with Crippen LogP contribution in [0.4, 0.5) is 10.5 Å². The lowest BCUT2D eigenvalue weighted by atomic mass is 10.2. The zero-order chi connectivity index (χ0) is 18.5. The monoisotopic (exact) mass is 368 g/mol. The quantitative estimate of drug-likeness (QED) is 0.761. The van der Waals surface area contributed by atoms with Crippen molar-refractivity contribution >= 4 is 34.7 Å². The van der Waals surface area contributed by atoms with E-state index in [1.807, 2.05) is 62.4 Å². The van der Waals surface area contributed by atoms with Crippen LogP contribution in [0.25, 0.3) is 6.08 Å². The third kappa shape index (κ3) is 4.26. The number of benzene rings is 2. The fourth-order valence-corrected chi connectivity index (χ4v) is 3.29. The van der Waals surface area contributed by atoms with Crippen LogP contribution in [-0.2, 0) is 4.79 Å². The van der Waals surface area contributed by atoms with Crippen molar-refractivity contribution in [3.8, 4) is 5.75 Å². The number of imide groups is 1. The molecule has 0 unspecified atom stereocenters. The highest BCUT2D eigenvalue weighted by molar-refractivity contribution is 8.18. The summed E-state index contributed by atoms with van der Waals surface area (Å²) in [5.41, 5.74) is 2.87. The van der Waals surface area contributed by atoms with Gasteiger partial charge in [-0.05, 0) is 61.5 Å². The maximum atomic E-state index is 12.5. The number of rotatable bonds is 6. The van der Waals surface area contributed by atoms with Crippen LogP contribution in [-0.4, -0.2) is 29.3 Å². The number of ether oxygens (including phenoxy) is 1. The molecule has 1 N–H and O–H groups in total. The number of carbonyl (C=O) groups excluding carboxylic acids is 2. The maximum Gasteiger partial charge on any atom is 0.295 e. The Bertz CT molecular complexity index is 829. The van der Waals surface area contributed by atoms with Crippen molar-refractivity contribution in [1.82, 2.24) is 4.90 Å². The first-order valence-corrected chi connectivity index (χ1v) is 9.17. The van der Waals surface area contributed by atoms with E-state index in [0.717, 1.165) is 34.3 Å². The van der Waals surface area contributed by atoms with E-state index >= 15 is 0 Å². The molecule has 1 fully saturated rings. The zero-order valence-electron chi connectivity index (χ0n) is 14.7. The van der Waals surface area contributed by atoms with E-state index in [-0.39, 0.29) is 17.8 Å². The molecule has 0 saturated carbocycles. The summed E-state index contributed by atoms with van der Waals surface area (Å²) in [5.74, 6) is 0.494. The summed E-state index contributed by atoms with van der Waals surface area (Å²) in [5, 5.41) is 2.84. The summed E-state index contributed by atoms with van der Waals surface area (Å²) in [7, 11) is 0. The smallest absolute Gasteiger partial charge is 0.295 e. The van der Waals surface area contributed by atoms with Crippen LogP contribution in [0.1, 0.15) is 18.1 Å². The van der Waals surface area contributed by atoms with Gasteiger partial charge in [0, 0.05) is 5.69 Å². The number of nitrogens with one attached hydrogen (secondary N) is 1. The lowest BCUT2D eigenvalue weighted by Gasteiger charge is -2.14. The van der Waals surface area contributed by atoms with Crippen LogP contribution in [0.2, 0.25) is 0 Å². The summed E-state index contributed by atoms with van der Waals surface area (Å²) in [6, 6.07) is 15.2. The lowest BCUT2D eigenvalue weighted by Crippen LogP contribution is -2.33. The molecule has 2 aromatic carbocycles. The van der Waals surface area contributed by atoms with Gasteiger partial charge in [-0.25, -0.2) is 0 Å². The average Bonchev–Trinajstić information content (AvgIpc) is 2.90. The molecule has 134 valence electrons. The van der Waals surface area contributed by atoms with Crippen LogP contribution in [0.5, 0.6) is 5.75 Å². The van der Waals surface area contributed by atoms with Gasteiger partial charge in [0.2, 0.25) is 0 Å². The van der Waals surface area contributed by atoms with Crippen LogP contribution in [0, 0.1) is 6.92 Å². The molecule has 3 rings (SSSR count). The number of thioether (sulfide) groups is 1. The van der Waals surface area contributed by atoms with Gasteiger partial charge in [0.15, 0.2) is 0 Å². The first-order chi connectivity index (χ1) is 12.6. The molecule has 2 amide bonds. The van der Waals surface area contributed by atoms with Gasteiger partial charge in [-0.15, -0.1) is 0 Å². The lowest BCUT2D eigenvalue weighted by molar-refractivity contribution is -0.122. The maximum absolute atomic E-state index is 12.5. The molecule has 26 heavy (non-hydrogen) atoms. The number of anilines is 1. The molecule has 0 spiro atoms. The third-order valence-corrected chi connectivity index (χ3v) is 4.76. The Labute approximate surface area is 157 Å². The predicted octanol–water partition coefficient (Wildman–Crippen LogP) is 4.50. The molecule has 0 aliphatic carbocycles. The van der Waals surface area contributed by atoms with Gasteiger partial charge in [-0.2, -0.15) is 0 Å². The molecular weight excluding hydrogens is 348 g/mol. The van der Waals surface area contributed by atoms with Gasteiger partial charge in [0.25, 0.3) is 11.1 Å². The minimum atomic E-state index is -0.284. The summed E-state index contributed by atoms with van der Waals surface area (Å²) in [6.45, 7) is 4.68. The number of nitrogens with zero attached hydrogens (tertiary/aromatic N) is 1. The highest BCUT2D eigenvalue weighted by Crippen LogP contribution is 2.32. The molecular formula is C20H20N2O3S. The Morgan fingerprint density at radius 2 is 1.77 bits per heavy atom. The molecule has 0 radical (unpaired) electrons. The molecule has 6 heteroatoms. The van der Waals surface area contributed by atoms with Gasteiger partial charge < -0.3 is 10.1 Å². The van der Waals surface area contributed by atoms with Crippen molar-refractivity contribution < 1.29 is 14.3 Å². The number of amides is 2. The van der Waals surface area contributed by atoms with Crippen LogP contribution in [0.15, 0.2) is 53.4 Å². The van der Waals surface area contributed by atoms with E-state index in [9.17, 15) is 9.59 Å². The number of hydrogen-bond donors (Lipinski definition) is 1. The second kappa shape index (κ2) is 8.10. The number of aryl methyl sites for hydroxylation is 1. The Morgan fingerprint density at radius 1 is 1.08 bits per heavy atom. The molecule has 0 atom stereocenters. The molecule has 1 aliphatic rings. The van der Waals surface area contributed by atoms with Gasteiger partial charge in [-0.3, -0.25) is 14.5 Å². The summed E-state index contributed by atoms with van der Waals surface area (Å²) >= 11 is 0.956. The first kappa shape index (κ1) is 18.1. The number of hydrogen-bond acceptors (Lipinski definition) is 5. The van der Waals surface area contributed by atoms with E-state index in [2.05, 4.69) is 5.32 Å². The second-order valence-electron chi connectivity index (χ2n) is 5.81. The van der Waals surface area contributed by atoms with E-state index < -0.39 is 0 Å². The highest BCUT2D eigenvalue weighted by Gasteiger charge is 2.34. The highest BCUT2D eigenvalue weighted by atomic mass is 32.2. The zero-order valence-corrected chi connectivity index (χ0v) is 15.5. The Kier molecular flexibility index (Phi) is 5.63. The van der Waals surface area contributed by atoms with Crippen molar-refractivity contribution in [2.75, 3.05) is 18.6 Å². The predicted molar refractivity (Wildman–Crippen MR) is 105 cm³/mol. The van der Waals surface area contributed by atoms with Crippen molar-refractivity contribution in [3.63, 3.8) is 0 Å². The average molecular weight is 368 g/mol. The van der Waals surface area contributed by atoms with E-state index in [1.54, 1.807) is 6.08 Å². The second-order valence-corrected chi connectivity index (χ2v) is 6.81. The minimum Gasteiger partial charge on any atom is -0.494 e. The van der Waals surface area contributed by atoms with E-state index in [4.69, 9.17) is 4.74 Å². The summed E-state index contributed by atoms with van der Waals surface area (Å²) in [6.07, 6.45) is 1.73. The Morgan fingerprint density at radius 3 is 2.42 bits per heavy atom. The van der Waals surface area contributed by atoms with Gasteiger partial charge in [-0.1, -0.05) is 29.8 Å². The van der Waals surface area contributed by atoms with E-state index in [1.165, 1.54) is 4.90 Å². The molecule has 1 aliphatic heterocycles. The first-order valence-electron chi connectivity index (χ1n) is 8.35. The van der Waals surface area contributed by atoms with E-state index in [0.29, 0.717) is 11.5 Å². The molecule has 0 aromatic heterocycles. The SMILES string of the molecule is CCOc1ccc(/C=C2/SC(=O)N(CNc3ccc(C)cc3)C2=O)cc1. The topological polar surface area (TPSA) is 58.6 Å². The molecule has 2 aromatic rings. The van der Waals surface area contributed by atoms with Crippen molar-refractivity contribution in [2.45, 2.75) is 13.8 Å². The van der Waals surface area contributed by atoms with Crippen molar-refractivity contribution in [1.29, 1.82) is 0 Å². The molecule has 0 bridgehead atoms. The number of carbonyl (C=O) groups is 2. The largest absolute Gasteiger partial charge is 0.494 e. The third-order valence-electron chi connectivity index (χ3n) is 3.86. The fraction of sp³-hybridized carbons (Fsp3) is 0.200. The summed E-state index contributed by atoms with van der Waals surface area (Å²) in [4.78, 5) is 26.3. The fourth-order valence-electron chi connectivity index (χ4n) is 2.46. The summed E-state index contributed by atoms with van der Waals surface area (Å²) < 4.78 is 5.40. The van der Waals surface area contributed by atoms with Crippen molar-refractivity contribution in [2.24, 2.45) is 0 Å². The van der Waals surface area contributed by atoms with Crippen molar-refractivity contribution in [3.05, 3.63) is 64.6 Å². The normalized spacial score (nSPS) is 15.6. The van der Waals surface area contributed by atoms with Gasteiger partial charge in [0.1, 0.15) is 5.75 Å². The minimum absolute atomic E-state index is 0.147. The van der Waals surface area contributed by atoms with Crippen LogP contribution >= 0.6 is 11.8 Å². The molecule has 1 saturated heterocycles. The Hall–Kier alpha value is -2.73. The van der Waals surface area contributed by atoms with Gasteiger partial charge >= 0.3 is 0 Å². The van der Waals surface area contributed by atoms with Gasteiger partial charge in [0.05, 0.1) is 18.2 Å². The van der Waals surface area contributed by atoms with Crippen LogP contribution in [0.3, 0.4) is 0 Å². The van der Waals surface area contributed by atoms with Crippen LogP contribution < -0.4 is 10.1 Å².